The Morgan fingerprint density at radius 1 is 1.30 bits per heavy atom. The summed E-state index contributed by atoms with van der Waals surface area (Å²) in [5.74, 6) is -0.0141. The molecule has 0 saturated carbocycles. The Labute approximate surface area is 149 Å². The fourth-order valence-electron chi connectivity index (χ4n) is 2.46. The van der Waals surface area contributed by atoms with E-state index in [9.17, 15) is 4.79 Å². The normalized spacial score (nSPS) is 18.5. The van der Waals surface area contributed by atoms with E-state index in [4.69, 9.17) is 27.9 Å². The molecule has 0 aliphatic carbocycles. The molecule has 0 spiro atoms. The number of hydrogen-bond acceptors (Lipinski definition) is 3. The fraction of sp³-hybridized carbons (Fsp3) is 0.235. The molecular formula is C17H15Cl2NO2S. The molecule has 1 aromatic carbocycles. The van der Waals surface area contributed by atoms with Gasteiger partial charge in [-0.3, -0.25) is 4.79 Å². The zero-order valence-electron chi connectivity index (χ0n) is 12.2. The first-order chi connectivity index (χ1) is 11.1. The summed E-state index contributed by atoms with van der Waals surface area (Å²) in [7, 11) is 0. The van der Waals surface area contributed by atoms with Crippen LogP contribution in [0.3, 0.4) is 0 Å². The highest BCUT2D eigenvalue weighted by Gasteiger charge is 2.24. The fourth-order valence-corrected chi connectivity index (χ4v) is 3.62. The summed E-state index contributed by atoms with van der Waals surface area (Å²) in [4.78, 5) is 15.2. The third-order valence-electron chi connectivity index (χ3n) is 3.57. The number of carbonyl (C=O) groups excluding carboxylic acids is 1. The van der Waals surface area contributed by atoms with E-state index < -0.39 is 0 Å². The molecule has 2 aromatic rings. The molecule has 1 atom stereocenters. The van der Waals surface area contributed by atoms with Gasteiger partial charge in [0.25, 0.3) is 0 Å². The number of rotatable bonds is 3. The average molecular weight is 368 g/mol. The highest BCUT2D eigenvalue weighted by atomic mass is 35.5. The minimum absolute atomic E-state index is 0.0141. The van der Waals surface area contributed by atoms with Crippen molar-refractivity contribution in [1.82, 2.24) is 4.90 Å². The van der Waals surface area contributed by atoms with Gasteiger partial charge in [-0.25, -0.2) is 0 Å². The zero-order chi connectivity index (χ0) is 16.2. The Morgan fingerprint density at radius 2 is 2.09 bits per heavy atom. The van der Waals surface area contributed by atoms with Gasteiger partial charge >= 0.3 is 0 Å². The lowest BCUT2D eigenvalue weighted by Gasteiger charge is -2.32. The van der Waals surface area contributed by atoms with Crippen molar-refractivity contribution >= 4 is 46.5 Å². The van der Waals surface area contributed by atoms with Crippen LogP contribution in [0.5, 0.6) is 0 Å². The summed E-state index contributed by atoms with van der Waals surface area (Å²) in [6.07, 6.45) is 3.24. The van der Waals surface area contributed by atoms with Crippen LogP contribution in [0.4, 0.5) is 0 Å². The largest absolute Gasteiger partial charge is 0.370 e. The molecule has 1 aromatic heterocycles. The van der Waals surface area contributed by atoms with Crippen LogP contribution in [-0.2, 0) is 9.53 Å². The van der Waals surface area contributed by atoms with Gasteiger partial charge in [-0.05, 0) is 41.3 Å². The zero-order valence-corrected chi connectivity index (χ0v) is 14.6. The molecule has 1 unspecified atom stereocenters. The number of carbonyl (C=O) groups is 1. The van der Waals surface area contributed by atoms with Crippen molar-refractivity contribution in [1.29, 1.82) is 0 Å². The molecule has 0 bridgehead atoms. The molecule has 0 N–H and O–H groups in total. The summed E-state index contributed by atoms with van der Waals surface area (Å²) < 4.78 is 5.77. The van der Waals surface area contributed by atoms with Crippen LogP contribution in [-0.4, -0.2) is 30.5 Å². The van der Waals surface area contributed by atoms with Gasteiger partial charge in [-0.1, -0.05) is 29.3 Å². The van der Waals surface area contributed by atoms with E-state index in [1.165, 1.54) is 0 Å². The maximum absolute atomic E-state index is 12.3. The number of amides is 1. The van der Waals surface area contributed by atoms with Crippen LogP contribution in [0.2, 0.25) is 10.0 Å². The van der Waals surface area contributed by atoms with Crippen molar-refractivity contribution < 1.29 is 9.53 Å². The van der Waals surface area contributed by atoms with E-state index >= 15 is 0 Å². The van der Waals surface area contributed by atoms with Crippen molar-refractivity contribution in [3.05, 3.63) is 62.3 Å². The molecular weight excluding hydrogens is 353 g/mol. The second-order valence-corrected chi connectivity index (χ2v) is 7.05. The van der Waals surface area contributed by atoms with Gasteiger partial charge in [0.15, 0.2) is 0 Å². The van der Waals surface area contributed by atoms with E-state index in [0.29, 0.717) is 29.7 Å². The van der Waals surface area contributed by atoms with Crippen LogP contribution in [0.15, 0.2) is 41.8 Å². The van der Waals surface area contributed by atoms with Crippen LogP contribution in [0, 0.1) is 0 Å². The summed E-state index contributed by atoms with van der Waals surface area (Å²) in [6.45, 7) is 1.57. The SMILES string of the molecule is O=C(/C=C/c1cccs1)N1CCOC(c2cc(Cl)cc(Cl)c2)C1. The third-order valence-corrected chi connectivity index (χ3v) is 4.84. The Balaban J connectivity index is 1.69. The van der Waals surface area contributed by atoms with Crippen molar-refractivity contribution in [3.63, 3.8) is 0 Å². The minimum atomic E-state index is -0.209. The molecule has 1 saturated heterocycles. The van der Waals surface area contributed by atoms with Crippen molar-refractivity contribution in [2.24, 2.45) is 0 Å². The molecule has 120 valence electrons. The Morgan fingerprint density at radius 3 is 2.78 bits per heavy atom. The molecule has 3 nitrogen and oxygen atoms in total. The molecule has 1 fully saturated rings. The smallest absolute Gasteiger partial charge is 0.246 e. The lowest BCUT2D eigenvalue weighted by molar-refractivity contribution is -0.133. The second-order valence-electron chi connectivity index (χ2n) is 5.20. The Hall–Kier alpha value is -1.33. The van der Waals surface area contributed by atoms with Gasteiger partial charge in [0.2, 0.25) is 5.91 Å². The van der Waals surface area contributed by atoms with Crippen LogP contribution < -0.4 is 0 Å². The van der Waals surface area contributed by atoms with Crippen LogP contribution in [0.25, 0.3) is 6.08 Å². The van der Waals surface area contributed by atoms with Gasteiger partial charge in [-0.2, -0.15) is 0 Å². The van der Waals surface area contributed by atoms with Crippen LogP contribution >= 0.6 is 34.5 Å². The van der Waals surface area contributed by atoms with Gasteiger partial charge in [0, 0.05) is 27.5 Å². The minimum Gasteiger partial charge on any atom is -0.370 e. The first kappa shape index (κ1) is 16.5. The van der Waals surface area contributed by atoms with E-state index in [1.807, 2.05) is 35.7 Å². The standard InChI is InChI=1S/C17H15Cl2NO2S/c18-13-8-12(9-14(19)10-13)16-11-20(5-6-22-16)17(21)4-3-15-2-1-7-23-15/h1-4,7-10,16H,5-6,11H2/b4-3+. The number of hydrogen-bond donors (Lipinski definition) is 0. The van der Waals surface area contributed by atoms with E-state index in [2.05, 4.69) is 0 Å². The highest BCUT2D eigenvalue weighted by molar-refractivity contribution is 7.10. The molecule has 23 heavy (non-hydrogen) atoms. The Kier molecular flexibility index (Phi) is 5.38. The number of halogens is 2. The number of benzene rings is 1. The maximum atomic E-state index is 12.3. The summed E-state index contributed by atoms with van der Waals surface area (Å²) in [6, 6.07) is 9.27. The topological polar surface area (TPSA) is 29.5 Å². The number of nitrogens with zero attached hydrogens (tertiary/aromatic N) is 1. The second kappa shape index (κ2) is 7.49. The molecule has 0 radical (unpaired) electrons. The molecule has 6 heteroatoms. The van der Waals surface area contributed by atoms with Crippen molar-refractivity contribution in [3.8, 4) is 0 Å². The average Bonchev–Trinajstić information content (AvgIpc) is 3.05. The number of thiophene rings is 1. The molecule has 2 heterocycles. The maximum Gasteiger partial charge on any atom is 0.246 e. The monoisotopic (exact) mass is 367 g/mol. The van der Waals surface area contributed by atoms with E-state index in [1.54, 1.807) is 28.4 Å². The van der Waals surface area contributed by atoms with Crippen LogP contribution in [0.1, 0.15) is 16.5 Å². The molecule has 1 amide bonds. The first-order valence-electron chi connectivity index (χ1n) is 7.20. The van der Waals surface area contributed by atoms with E-state index in [0.717, 1.165) is 10.4 Å². The summed E-state index contributed by atoms with van der Waals surface area (Å²) in [5, 5.41) is 3.12. The van der Waals surface area contributed by atoms with Crippen molar-refractivity contribution in [2.45, 2.75) is 6.10 Å². The molecule has 1 aliphatic heterocycles. The summed E-state index contributed by atoms with van der Waals surface area (Å²) >= 11 is 13.7. The van der Waals surface area contributed by atoms with Gasteiger partial charge in [-0.15, -0.1) is 11.3 Å². The first-order valence-corrected chi connectivity index (χ1v) is 8.83. The number of morpholine rings is 1. The lowest BCUT2D eigenvalue weighted by Crippen LogP contribution is -2.41. The van der Waals surface area contributed by atoms with E-state index in [-0.39, 0.29) is 12.0 Å². The number of ether oxygens (including phenoxy) is 1. The predicted molar refractivity (Wildman–Crippen MR) is 95.1 cm³/mol. The van der Waals surface area contributed by atoms with Crippen molar-refractivity contribution in [2.75, 3.05) is 19.7 Å². The third kappa shape index (κ3) is 4.36. The molecule has 3 rings (SSSR count). The molecule has 1 aliphatic rings. The predicted octanol–water partition coefficient (Wildman–Crippen LogP) is 4.67. The quantitative estimate of drug-likeness (QED) is 0.737. The van der Waals surface area contributed by atoms with Gasteiger partial charge in [0.1, 0.15) is 6.10 Å². The lowest BCUT2D eigenvalue weighted by atomic mass is 10.1. The van der Waals surface area contributed by atoms with Gasteiger partial charge in [0.05, 0.1) is 13.2 Å². The van der Waals surface area contributed by atoms with Gasteiger partial charge < -0.3 is 9.64 Å². The Bertz CT molecular complexity index is 695. The summed E-state index contributed by atoms with van der Waals surface area (Å²) in [5.41, 5.74) is 0.891. The highest BCUT2D eigenvalue weighted by Crippen LogP contribution is 2.28.